The molecule has 29 heavy (non-hydrogen) atoms. The van der Waals surface area contributed by atoms with E-state index in [-0.39, 0.29) is 24.0 Å². The molecule has 1 aromatic rings. The van der Waals surface area contributed by atoms with Crippen LogP contribution in [-0.2, 0) is 25.2 Å². The van der Waals surface area contributed by atoms with Crippen LogP contribution in [0.25, 0.3) is 0 Å². The first-order chi connectivity index (χ1) is 13.8. The Morgan fingerprint density at radius 2 is 2.31 bits per heavy atom. The molecule has 2 aliphatic rings. The van der Waals surface area contributed by atoms with Crippen LogP contribution < -0.4 is 9.84 Å². The van der Waals surface area contributed by atoms with Crippen LogP contribution in [0.2, 0.25) is 0 Å². The summed E-state index contributed by atoms with van der Waals surface area (Å²) in [4.78, 5) is 22.6. The van der Waals surface area contributed by atoms with E-state index in [1.165, 1.54) is 25.2 Å². The fraction of sp³-hybridized carbons (Fsp3) is 0.412. The second kappa shape index (κ2) is 9.38. The SMILES string of the molecule is CNC(=S)/C(F)=C\N(C=O)C1CCC(CO[P+]2(O)OCc3cc(F)ccc3O2)O1. The van der Waals surface area contributed by atoms with Gasteiger partial charge in [-0.3, -0.25) is 14.2 Å². The van der Waals surface area contributed by atoms with Crippen LogP contribution in [0.5, 0.6) is 5.75 Å². The Morgan fingerprint density at radius 1 is 1.52 bits per heavy atom. The lowest BCUT2D eigenvalue weighted by atomic mass is 10.2. The normalized spacial score (nSPS) is 26.4. The van der Waals surface area contributed by atoms with Gasteiger partial charge in [-0.2, -0.15) is 4.89 Å². The van der Waals surface area contributed by atoms with Crippen LogP contribution in [0, 0.1) is 5.82 Å². The van der Waals surface area contributed by atoms with Crippen molar-refractivity contribution in [3.05, 3.63) is 41.6 Å². The molecule has 3 rings (SSSR count). The molecule has 0 saturated carbocycles. The first-order valence-electron chi connectivity index (χ1n) is 8.70. The third-order valence-electron chi connectivity index (χ3n) is 4.29. The minimum absolute atomic E-state index is 0.0557. The number of halogens is 2. The minimum Gasteiger partial charge on any atom is -0.377 e. The van der Waals surface area contributed by atoms with Gasteiger partial charge in [-0.1, -0.05) is 12.2 Å². The molecule has 3 atom stereocenters. The molecule has 0 aliphatic carbocycles. The smallest absolute Gasteiger partial charge is 0.377 e. The van der Waals surface area contributed by atoms with Gasteiger partial charge in [-0.05, 0) is 31.0 Å². The predicted molar refractivity (Wildman–Crippen MR) is 104 cm³/mol. The summed E-state index contributed by atoms with van der Waals surface area (Å²) < 4.78 is 48.8. The zero-order valence-electron chi connectivity index (χ0n) is 15.4. The number of ether oxygens (including phenoxy) is 1. The van der Waals surface area contributed by atoms with Crippen molar-refractivity contribution in [3.8, 4) is 5.75 Å². The van der Waals surface area contributed by atoms with Gasteiger partial charge in [0, 0.05) is 18.8 Å². The highest BCUT2D eigenvalue weighted by Gasteiger charge is 2.51. The molecule has 2 aliphatic heterocycles. The van der Waals surface area contributed by atoms with E-state index in [2.05, 4.69) is 5.32 Å². The topological polar surface area (TPSA) is 89.5 Å². The number of likely N-dealkylation sites (N-methyl/N-ethyl adjacent to an activating group) is 1. The van der Waals surface area contributed by atoms with Gasteiger partial charge >= 0.3 is 8.17 Å². The summed E-state index contributed by atoms with van der Waals surface area (Å²) in [6.45, 7) is -0.120. The number of benzene rings is 1. The monoisotopic (exact) mass is 449 g/mol. The van der Waals surface area contributed by atoms with Crippen molar-refractivity contribution >= 4 is 31.8 Å². The van der Waals surface area contributed by atoms with Gasteiger partial charge in [0.25, 0.3) is 0 Å². The van der Waals surface area contributed by atoms with Crippen molar-refractivity contribution in [1.29, 1.82) is 0 Å². The van der Waals surface area contributed by atoms with Gasteiger partial charge in [0.2, 0.25) is 6.41 Å². The molecule has 0 bridgehead atoms. The second-order valence-electron chi connectivity index (χ2n) is 6.28. The number of carbonyl (C=O) groups excluding carboxylic acids is 1. The van der Waals surface area contributed by atoms with E-state index in [1.54, 1.807) is 0 Å². The number of nitrogens with zero attached hydrogens (tertiary/aromatic N) is 1. The average molecular weight is 449 g/mol. The van der Waals surface area contributed by atoms with Crippen molar-refractivity contribution in [2.24, 2.45) is 0 Å². The van der Waals surface area contributed by atoms with Crippen LogP contribution in [0.1, 0.15) is 18.4 Å². The molecule has 1 saturated heterocycles. The number of amides is 1. The molecular weight excluding hydrogens is 429 g/mol. The van der Waals surface area contributed by atoms with E-state index < -0.39 is 32.1 Å². The highest BCUT2D eigenvalue weighted by atomic mass is 32.1. The molecule has 1 aromatic carbocycles. The van der Waals surface area contributed by atoms with E-state index in [1.807, 2.05) is 0 Å². The number of rotatable bonds is 7. The summed E-state index contributed by atoms with van der Waals surface area (Å²) in [5.41, 5.74) is 0.463. The Balaban J connectivity index is 1.54. The molecule has 8 nitrogen and oxygen atoms in total. The number of hydrogen-bond acceptors (Lipinski definition) is 7. The minimum atomic E-state index is -3.64. The van der Waals surface area contributed by atoms with Gasteiger partial charge in [-0.15, -0.1) is 9.05 Å². The molecule has 0 aromatic heterocycles. The van der Waals surface area contributed by atoms with Gasteiger partial charge < -0.3 is 10.1 Å². The second-order valence-corrected chi connectivity index (χ2v) is 8.32. The summed E-state index contributed by atoms with van der Waals surface area (Å²) in [6.07, 6.45) is 1.17. The highest BCUT2D eigenvalue weighted by Crippen LogP contribution is 2.61. The van der Waals surface area contributed by atoms with Crippen molar-refractivity contribution in [1.82, 2.24) is 10.2 Å². The van der Waals surface area contributed by atoms with E-state index in [0.29, 0.717) is 24.8 Å². The molecule has 2 heterocycles. The molecule has 3 unspecified atom stereocenters. The van der Waals surface area contributed by atoms with Crippen molar-refractivity contribution < 1.29 is 36.8 Å². The first-order valence-corrected chi connectivity index (χ1v) is 10.6. The van der Waals surface area contributed by atoms with Crippen LogP contribution in [0.15, 0.2) is 30.2 Å². The molecule has 0 spiro atoms. The third-order valence-corrected chi connectivity index (χ3v) is 6.05. The summed E-state index contributed by atoms with van der Waals surface area (Å²) in [5.74, 6) is -0.920. The molecular formula is C17H20F2N2O6PS+. The van der Waals surface area contributed by atoms with Crippen molar-refractivity contribution in [3.63, 3.8) is 0 Å². The number of nitrogens with one attached hydrogen (secondary N) is 1. The van der Waals surface area contributed by atoms with Crippen molar-refractivity contribution in [2.75, 3.05) is 13.7 Å². The van der Waals surface area contributed by atoms with Gasteiger partial charge in [0.05, 0.1) is 6.10 Å². The number of fused-ring (bicyclic) bond motifs is 1. The van der Waals surface area contributed by atoms with Gasteiger partial charge in [0.15, 0.2) is 11.6 Å². The summed E-state index contributed by atoms with van der Waals surface area (Å²) in [6, 6.07) is 3.85. The highest BCUT2D eigenvalue weighted by molar-refractivity contribution is 7.80. The number of carbonyl (C=O) groups is 1. The lowest BCUT2D eigenvalue weighted by Crippen LogP contribution is -2.32. The first kappa shape index (κ1) is 21.9. The largest absolute Gasteiger partial charge is 0.619 e. The van der Waals surface area contributed by atoms with Gasteiger partial charge in [0.1, 0.15) is 30.2 Å². The van der Waals surface area contributed by atoms with E-state index in [9.17, 15) is 18.5 Å². The Hall–Kier alpha value is -1.75. The lowest BCUT2D eigenvalue weighted by Gasteiger charge is -2.23. The molecule has 1 fully saturated rings. The van der Waals surface area contributed by atoms with Crippen LogP contribution >= 0.6 is 20.4 Å². The van der Waals surface area contributed by atoms with Crippen LogP contribution in [-0.4, -0.2) is 47.2 Å². The lowest BCUT2D eigenvalue weighted by molar-refractivity contribution is -0.127. The molecule has 158 valence electrons. The maximum atomic E-state index is 13.9. The average Bonchev–Trinajstić information content (AvgIpc) is 3.19. The predicted octanol–water partition coefficient (Wildman–Crippen LogP) is 2.74. The standard InChI is InChI=1S/C17H19F2N2O6PS/c1-20-17(29)14(19)7-21(10-22)16-5-3-13(26-16)9-25-28(23)24-8-11-6-12(18)2-4-15(11)27-28/h2,4,6-7,10,13,16,23H,3,5,8-9H2,1H3/p+1/b14-7+. The van der Waals surface area contributed by atoms with E-state index >= 15 is 0 Å². The zero-order valence-corrected chi connectivity index (χ0v) is 17.1. The van der Waals surface area contributed by atoms with Crippen molar-refractivity contribution in [2.45, 2.75) is 31.8 Å². The maximum Gasteiger partial charge on any atom is 0.619 e. The molecule has 2 N–H and O–H groups in total. The third kappa shape index (κ3) is 5.44. The Kier molecular flexibility index (Phi) is 7.10. The Labute approximate surface area is 172 Å². The summed E-state index contributed by atoms with van der Waals surface area (Å²) >= 11 is 4.77. The summed E-state index contributed by atoms with van der Waals surface area (Å²) in [7, 11) is -2.17. The fourth-order valence-electron chi connectivity index (χ4n) is 2.81. The van der Waals surface area contributed by atoms with Gasteiger partial charge in [-0.25, -0.2) is 8.78 Å². The number of thiocarbonyl (C=S) groups is 1. The molecule has 12 heteroatoms. The molecule has 0 radical (unpaired) electrons. The summed E-state index contributed by atoms with van der Waals surface area (Å²) in [5, 5.41) is 2.48. The maximum absolute atomic E-state index is 13.9. The van der Waals surface area contributed by atoms with Crippen LogP contribution in [0.4, 0.5) is 8.78 Å². The fourth-order valence-corrected chi connectivity index (χ4v) is 4.13. The van der Waals surface area contributed by atoms with E-state index in [0.717, 1.165) is 11.1 Å². The Bertz CT molecular complexity index is 816. The quantitative estimate of drug-likeness (QED) is 0.284. The number of hydrogen-bond donors (Lipinski definition) is 2. The van der Waals surface area contributed by atoms with E-state index in [4.69, 9.17) is 30.5 Å². The van der Waals surface area contributed by atoms with Crippen LogP contribution in [0.3, 0.4) is 0 Å². The zero-order chi connectivity index (χ0) is 21.0. The molecule has 1 amide bonds. The Morgan fingerprint density at radius 3 is 3.03 bits per heavy atom.